The first kappa shape index (κ1) is 16.4. The second kappa shape index (κ2) is 6.37. The van der Waals surface area contributed by atoms with Crippen LogP contribution in [0.3, 0.4) is 0 Å². The molecule has 6 nitrogen and oxygen atoms in total. The molecule has 0 radical (unpaired) electrons. The number of carbonyl (C=O) groups excluding carboxylic acids is 1. The van der Waals surface area contributed by atoms with Crippen molar-refractivity contribution < 1.29 is 24.6 Å². The molecule has 0 saturated heterocycles. The quantitative estimate of drug-likeness (QED) is 0.747. The molecule has 0 aliphatic carbocycles. The lowest BCUT2D eigenvalue weighted by atomic mass is 9.93. The third-order valence-corrected chi connectivity index (χ3v) is 2.52. The molecule has 0 aromatic rings. The van der Waals surface area contributed by atoms with Crippen molar-refractivity contribution in [1.82, 2.24) is 4.90 Å². The van der Waals surface area contributed by atoms with Gasteiger partial charge in [0, 0.05) is 12.0 Å². The van der Waals surface area contributed by atoms with Gasteiger partial charge in [-0.15, -0.1) is 0 Å². The van der Waals surface area contributed by atoms with Crippen molar-refractivity contribution in [3.8, 4) is 0 Å². The molecule has 0 aromatic heterocycles. The monoisotopic (exact) mass is 259 g/mol. The Morgan fingerprint density at radius 1 is 1.17 bits per heavy atom. The number of carboxylic acids is 2. The Balaban J connectivity index is 5.09. The van der Waals surface area contributed by atoms with E-state index in [9.17, 15) is 14.4 Å². The Morgan fingerprint density at radius 3 is 1.94 bits per heavy atom. The maximum Gasteiger partial charge on any atom is 0.326 e. The Hall–Kier alpha value is -1.59. The molecule has 0 saturated carbocycles. The average molecular weight is 259 g/mol. The van der Waals surface area contributed by atoms with E-state index in [0.29, 0.717) is 0 Å². The molecule has 0 aromatic carbocycles. The van der Waals surface area contributed by atoms with Crippen molar-refractivity contribution in [3.05, 3.63) is 0 Å². The van der Waals surface area contributed by atoms with Crippen molar-refractivity contribution in [2.24, 2.45) is 5.41 Å². The number of nitrogens with zero attached hydrogens (tertiary/aromatic N) is 1. The predicted octanol–water partition coefficient (Wildman–Crippen LogP) is 1.20. The Kier molecular flexibility index (Phi) is 5.81. The van der Waals surface area contributed by atoms with E-state index in [-0.39, 0.29) is 25.3 Å². The van der Waals surface area contributed by atoms with Crippen LogP contribution in [-0.4, -0.2) is 45.5 Å². The lowest BCUT2D eigenvalue weighted by Gasteiger charge is -2.33. The summed E-state index contributed by atoms with van der Waals surface area (Å²) < 4.78 is 0. The summed E-state index contributed by atoms with van der Waals surface area (Å²) in [6.07, 6.45) is -0.0115. The van der Waals surface area contributed by atoms with Crippen LogP contribution in [0.15, 0.2) is 0 Å². The fourth-order valence-electron chi connectivity index (χ4n) is 1.57. The number of hydrogen-bond acceptors (Lipinski definition) is 3. The molecule has 0 aliphatic rings. The van der Waals surface area contributed by atoms with Crippen molar-refractivity contribution >= 4 is 17.8 Å². The van der Waals surface area contributed by atoms with E-state index < -0.39 is 23.4 Å². The van der Waals surface area contributed by atoms with Gasteiger partial charge in [-0.05, 0) is 6.42 Å². The second-order valence-electron chi connectivity index (χ2n) is 5.15. The molecule has 104 valence electrons. The van der Waals surface area contributed by atoms with Gasteiger partial charge in [-0.1, -0.05) is 27.7 Å². The first-order valence-electron chi connectivity index (χ1n) is 5.87. The van der Waals surface area contributed by atoms with E-state index in [1.165, 1.54) is 0 Å². The van der Waals surface area contributed by atoms with E-state index in [0.717, 1.165) is 4.90 Å². The molecule has 2 N–H and O–H groups in total. The molecule has 1 amide bonds. The van der Waals surface area contributed by atoms with Gasteiger partial charge in [-0.2, -0.15) is 0 Å². The zero-order valence-electron chi connectivity index (χ0n) is 11.3. The Labute approximate surface area is 107 Å². The van der Waals surface area contributed by atoms with Gasteiger partial charge in [0.2, 0.25) is 5.91 Å². The Morgan fingerprint density at radius 2 is 1.67 bits per heavy atom. The van der Waals surface area contributed by atoms with Crippen molar-refractivity contribution in [3.63, 3.8) is 0 Å². The highest BCUT2D eigenvalue weighted by Gasteiger charge is 2.34. The highest BCUT2D eigenvalue weighted by molar-refractivity contribution is 5.87. The summed E-state index contributed by atoms with van der Waals surface area (Å²) in [6.45, 7) is 6.60. The van der Waals surface area contributed by atoms with Gasteiger partial charge in [-0.3, -0.25) is 9.59 Å². The van der Waals surface area contributed by atoms with Crippen LogP contribution in [0.1, 0.15) is 40.5 Å². The predicted molar refractivity (Wildman–Crippen MR) is 65.1 cm³/mol. The van der Waals surface area contributed by atoms with Gasteiger partial charge in [-0.25, -0.2) is 4.79 Å². The van der Waals surface area contributed by atoms with E-state index in [4.69, 9.17) is 10.2 Å². The maximum absolute atomic E-state index is 12.2. The lowest BCUT2D eigenvalue weighted by Crippen LogP contribution is -2.49. The SMILES string of the molecule is CCC(C(=O)O)N(CCC(=O)O)C(=O)C(C)(C)C. The minimum atomic E-state index is -1.11. The molecule has 0 bridgehead atoms. The van der Waals surface area contributed by atoms with Gasteiger partial charge in [0.1, 0.15) is 6.04 Å². The molecule has 0 rings (SSSR count). The van der Waals surface area contributed by atoms with Crippen molar-refractivity contribution in [2.45, 2.75) is 46.6 Å². The fraction of sp³-hybridized carbons (Fsp3) is 0.750. The van der Waals surface area contributed by atoms with Gasteiger partial charge in [0.25, 0.3) is 0 Å². The van der Waals surface area contributed by atoms with E-state index in [1.807, 2.05) is 0 Å². The molecular weight excluding hydrogens is 238 g/mol. The smallest absolute Gasteiger partial charge is 0.326 e. The summed E-state index contributed by atoms with van der Waals surface area (Å²) in [5.41, 5.74) is -0.735. The van der Waals surface area contributed by atoms with Gasteiger partial charge in [0.05, 0.1) is 6.42 Å². The van der Waals surface area contributed by atoms with E-state index in [1.54, 1.807) is 27.7 Å². The summed E-state index contributed by atoms with van der Waals surface area (Å²) in [5.74, 6) is -2.51. The molecule has 0 heterocycles. The standard InChI is InChI=1S/C12H21NO5/c1-5-8(10(16)17)13(7-6-9(14)15)11(18)12(2,3)4/h8H,5-7H2,1-4H3,(H,14,15)(H,16,17). The van der Waals surface area contributed by atoms with Crippen LogP contribution in [0.2, 0.25) is 0 Å². The number of carboxylic acid groups (broad SMARTS) is 2. The van der Waals surface area contributed by atoms with Crippen molar-refractivity contribution in [2.75, 3.05) is 6.54 Å². The molecule has 18 heavy (non-hydrogen) atoms. The van der Waals surface area contributed by atoms with E-state index in [2.05, 4.69) is 0 Å². The first-order chi connectivity index (χ1) is 8.11. The number of carbonyl (C=O) groups is 3. The fourth-order valence-corrected chi connectivity index (χ4v) is 1.57. The summed E-state index contributed by atoms with van der Waals surface area (Å²) >= 11 is 0. The zero-order chi connectivity index (χ0) is 14.5. The topological polar surface area (TPSA) is 94.9 Å². The van der Waals surface area contributed by atoms with Crippen LogP contribution in [0, 0.1) is 5.41 Å². The van der Waals surface area contributed by atoms with E-state index >= 15 is 0 Å². The largest absolute Gasteiger partial charge is 0.481 e. The van der Waals surface area contributed by atoms with Crippen LogP contribution < -0.4 is 0 Å². The minimum Gasteiger partial charge on any atom is -0.481 e. The van der Waals surface area contributed by atoms with Gasteiger partial charge >= 0.3 is 11.9 Å². The third-order valence-electron chi connectivity index (χ3n) is 2.52. The van der Waals surface area contributed by atoms with Gasteiger partial charge in [0.15, 0.2) is 0 Å². The van der Waals surface area contributed by atoms with Crippen LogP contribution in [0.5, 0.6) is 0 Å². The molecule has 0 fully saturated rings. The number of aliphatic carboxylic acids is 2. The molecule has 1 unspecified atom stereocenters. The maximum atomic E-state index is 12.2. The second-order valence-corrected chi connectivity index (χ2v) is 5.15. The average Bonchev–Trinajstić information content (AvgIpc) is 2.20. The molecule has 0 spiro atoms. The summed E-state index contributed by atoms with van der Waals surface area (Å²) in [7, 11) is 0. The lowest BCUT2D eigenvalue weighted by molar-refractivity contribution is -0.155. The molecule has 6 heteroatoms. The van der Waals surface area contributed by atoms with Crippen molar-refractivity contribution in [1.29, 1.82) is 0 Å². The summed E-state index contributed by atoms with van der Waals surface area (Å²) in [6, 6.07) is -0.976. The third kappa shape index (κ3) is 4.73. The zero-order valence-corrected chi connectivity index (χ0v) is 11.3. The number of rotatable bonds is 6. The highest BCUT2D eigenvalue weighted by atomic mass is 16.4. The van der Waals surface area contributed by atoms with Crippen LogP contribution in [0.25, 0.3) is 0 Å². The number of hydrogen-bond donors (Lipinski definition) is 2. The summed E-state index contributed by atoms with van der Waals surface area (Å²) in [4.78, 5) is 35.0. The summed E-state index contributed by atoms with van der Waals surface area (Å²) in [5, 5.41) is 17.7. The van der Waals surface area contributed by atoms with Gasteiger partial charge < -0.3 is 15.1 Å². The minimum absolute atomic E-state index is 0.0871. The molecule has 0 aliphatic heterocycles. The molecule has 1 atom stereocenters. The van der Waals surface area contributed by atoms with Crippen LogP contribution >= 0.6 is 0 Å². The van der Waals surface area contributed by atoms with Crippen LogP contribution in [-0.2, 0) is 14.4 Å². The highest BCUT2D eigenvalue weighted by Crippen LogP contribution is 2.20. The normalized spacial score (nSPS) is 12.9. The molecular formula is C12H21NO5. The van der Waals surface area contributed by atoms with Crippen LogP contribution in [0.4, 0.5) is 0 Å². The first-order valence-corrected chi connectivity index (χ1v) is 5.87. The number of amides is 1. The Bertz CT molecular complexity index is 332.